The highest BCUT2D eigenvalue weighted by Gasteiger charge is 2.21. The molecule has 4 nitrogen and oxygen atoms in total. The smallest absolute Gasteiger partial charge is 0.261 e. The van der Waals surface area contributed by atoms with Gasteiger partial charge in [-0.1, -0.05) is 17.7 Å². The number of anilines is 1. The first-order valence-corrected chi connectivity index (χ1v) is 8.45. The van der Waals surface area contributed by atoms with E-state index >= 15 is 0 Å². The number of benzene rings is 1. The number of amides is 1. The van der Waals surface area contributed by atoms with Crippen LogP contribution < -0.4 is 10.1 Å². The molecule has 1 unspecified atom stereocenters. The molecule has 114 valence electrons. The Morgan fingerprint density at radius 1 is 1.32 bits per heavy atom. The van der Waals surface area contributed by atoms with E-state index in [0.717, 1.165) is 29.2 Å². The van der Waals surface area contributed by atoms with Crippen LogP contribution in [0.2, 0.25) is 0 Å². The Morgan fingerprint density at radius 2 is 2.14 bits per heavy atom. The van der Waals surface area contributed by atoms with Crippen molar-refractivity contribution in [2.45, 2.75) is 19.4 Å². The second-order valence-corrected chi connectivity index (χ2v) is 6.43. The summed E-state index contributed by atoms with van der Waals surface area (Å²) in [7, 11) is 0. The van der Waals surface area contributed by atoms with E-state index in [9.17, 15) is 4.79 Å². The van der Waals surface area contributed by atoms with Gasteiger partial charge in [-0.3, -0.25) is 4.79 Å². The summed E-state index contributed by atoms with van der Waals surface area (Å²) in [5, 5.41) is 2.89. The maximum Gasteiger partial charge on any atom is 0.261 e. The second-order valence-electron chi connectivity index (χ2n) is 5.28. The predicted molar refractivity (Wildman–Crippen MR) is 89.7 cm³/mol. The van der Waals surface area contributed by atoms with Crippen LogP contribution in [0.1, 0.15) is 22.3 Å². The molecule has 0 saturated carbocycles. The molecule has 1 N–H and O–H groups in total. The fourth-order valence-electron chi connectivity index (χ4n) is 2.26. The number of nitrogens with zero attached hydrogens (tertiary/aromatic N) is 1. The quantitative estimate of drug-likeness (QED) is 0.938. The Morgan fingerprint density at radius 3 is 2.86 bits per heavy atom. The Hall–Kier alpha value is -2.01. The van der Waals surface area contributed by atoms with Gasteiger partial charge in [0.1, 0.15) is 11.7 Å². The molecule has 2 heterocycles. The molecule has 0 aliphatic carbocycles. The van der Waals surface area contributed by atoms with Crippen LogP contribution in [0, 0.1) is 6.92 Å². The van der Waals surface area contributed by atoms with Gasteiger partial charge in [-0.2, -0.15) is 11.8 Å². The van der Waals surface area contributed by atoms with E-state index in [4.69, 9.17) is 4.74 Å². The van der Waals surface area contributed by atoms with Crippen LogP contribution in [0.15, 0.2) is 42.6 Å². The normalized spacial score (nSPS) is 17.2. The molecule has 0 bridgehead atoms. The fraction of sp³-hybridized carbons (Fsp3) is 0.294. The van der Waals surface area contributed by atoms with Crippen molar-refractivity contribution in [1.29, 1.82) is 0 Å². The standard InChI is InChI=1S/C17H18N2O2S/c1-12-4-6-13(7-5-12)19-16(20)15-3-2-9-18-17(15)21-14-8-10-22-11-14/h2-7,9,14H,8,10-11H2,1H3,(H,19,20). The monoisotopic (exact) mass is 314 g/mol. The third kappa shape index (κ3) is 3.60. The Kier molecular flexibility index (Phi) is 4.63. The first-order valence-electron chi connectivity index (χ1n) is 7.30. The SMILES string of the molecule is Cc1ccc(NC(=O)c2cccnc2OC2CCSC2)cc1. The van der Waals surface area contributed by atoms with E-state index in [1.54, 1.807) is 18.3 Å². The number of carbonyl (C=O) groups excluding carboxylic acids is 1. The number of hydrogen-bond acceptors (Lipinski definition) is 4. The molecule has 2 aromatic rings. The number of pyridine rings is 1. The molecule has 1 aliphatic heterocycles. The molecule has 1 aromatic heterocycles. The number of hydrogen-bond donors (Lipinski definition) is 1. The van der Waals surface area contributed by atoms with E-state index in [1.807, 2.05) is 43.0 Å². The number of nitrogens with one attached hydrogen (secondary N) is 1. The van der Waals surface area contributed by atoms with Gasteiger partial charge < -0.3 is 10.1 Å². The molecule has 3 rings (SSSR count). The van der Waals surface area contributed by atoms with Crippen LogP contribution >= 0.6 is 11.8 Å². The number of aromatic nitrogens is 1. The minimum Gasteiger partial charge on any atom is -0.473 e. The van der Waals surface area contributed by atoms with Crippen LogP contribution in [0.4, 0.5) is 5.69 Å². The lowest BCUT2D eigenvalue weighted by molar-refractivity contribution is 0.101. The van der Waals surface area contributed by atoms with E-state index in [2.05, 4.69) is 10.3 Å². The average Bonchev–Trinajstić information content (AvgIpc) is 3.03. The molecule has 0 spiro atoms. The molecule has 22 heavy (non-hydrogen) atoms. The summed E-state index contributed by atoms with van der Waals surface area (Å²) in [6, 6.07) is 11.2. The zero-order chi connectivity index (χ0) is 15.4. The zero-order valence-electron chi connectivity index (χ0n) is 12.4. The fourth-order valence-corrected chi connectivity index (χ4v) is 3.35. The lowest BCUT2D eigenvalue weighted by atomic mass is 10.2. The molecule has 1 atom stereocenters. The Bertz CT molecular complexity index is 652. The van der Waals surface area contributed by atoms with Crippen molar-refractivity contribution in [3.63, 3.8) is 0 Å². The molecule has 1 fully saturated rings. The van der Waals surface area contributed by atoms with Gasteiger partial charge in [-0.05, 0) is 43.4 Å². The van der Waals surface area contributed by atoms with Gasteiger partial charge in [0.2, 0.25) is 5.88 Å². The number of aryl methyl sites for hydroxylation is 1. The zero-order valence-corrected chi connectivity index (χ0v) is 13.2. The molecule has 1 saturated heterocycles. The average molecular weight is 314 g/mol. The molecule has 1 aromatic carbocycles. The summed E-state index contributed by atoms with van der Waals surface area (Å²) in [5.74, 6) is 2.27. The largest absolute Gasteiger partial charge is 0.473 e. The molecule has 1 amide bonds. The number of carbonyl (C=O) groups is 1. The topological polar surface area (TPSA) is 51.2 Å². The number of ether oxygens (including phenoxy) is 1. The molecule has 1 aliphatic rings. The molecular formula is C17H18N2O2S. The number of thioether (sulfide) groups is 1. The third-order valence-electron chi connectivity index (χ3n) is 3.49. The van der Waals surface area contributed by atoms with E-state index in [-0.39, 0.29) is 12.0 Å². The van der Waals surface area contributed by atoms with E-state index in [1.165, 1.54) is 0 Å². The summed E-state index contributed by atoms with van der Waals surface area (Å²) >= 11 is 1.87. The Labute approximate surface area is 134 Å². The summed E-state index contributed by atoms with van der Waals surface area (Å²) in [4.78, 5) is 16.7. The minimum atomic E-state index is -0.197. The molecule has 5 heteroatoms. The van der Waals surface area contributed by atoms with Crippen LogP contribution in [-0.2, 0) is 0 Å². The highest BCUT2D eigenvalue weighted by Crippen LogP contribution is 2.24. The van der Waals surface area contributed by atoms with Crippen molar-refractivity contribution >= 4 is 23.4 Å². The van der Waals surface area contributed by atoms with E-state index < -0.39 is 0 Å². The lowest BCUT2D eigenvalue weighted by Gasteiger charge is -2.14. The molecule has 0 radical (unpaired) electrons. The van der Waals surface area contributed by atoms with Gasteiger partial charge in [0.15, 0.2) is 0 Å². The predicted octanol–water partition coefficient (Wildman–Crippen LogP) is 3.53. The highest BCUT2D eigenvalue weighted by molar-refractivity contribution is 7.99. The second kappa shape index (κ2) is 6.83. The van der Waals surface area contributed by atoms with Gasteiger partial charge in [0.05, 0.1) is 0 Å². The summed E-state index contributed by atoms with van der Waals surface area (Å²) in [5.41, 5.74) is 2.39. The highest BCUT2D eigenvalue weighted by atomic mass is 32.2. The van der Waals surface area contributed by atoms with Gasteiger partial charge >= 0.3 is 0 Å². The minimum absolute atomic E-state index is 0.144. The van der Waals surface area contributed by atoms with Crippen molar-refractivity contribution < 1.29 is 9.53 Å². The van der Waals surface area contributed by atoms with Gasteiger partial charge in [0.25, 0.3) is 5.91 Å². The van der Waals surface area contributed by atoms with Gasteiger partial charge in [0, 0.05) is 17.6 Å². The van der Waals surface area contributed by atoms with Crippen molar-refractivity contribution in [3.05, 3.63) is 53.7 Å². The van der Waals surface area contributed by atoms with Crippen LogP contribution in [0.5, 0.6) is 5.88 Å². The lowest BCUT2D eigenvalue weighted by Crippen LogP contribution is -2.20. The van der Waals surface area contributed by atoms with Gasteiger partial charge in [-0.25, -0.2) is 4.98 Å². The maximum atomic E-state index is 12.5. The van der Waals surface area contributed by atoms with Crippen molar-refractivity contribution in [1.82, 2.24) is 4.98 Å². The first kappa shape index (κ1) is 14.9. The van der Waals surface area contributed by atoms with Crippen molar-refractivity contribution in [2.24, 2.45) is 0 Å². The summed E-state index contributed by atoms with van der Waals surface area (Å²) in [6.45, 7) is 2.01. The van der Waals surface area contributed by atoms with Crippen molar-refractivity contribution in [2.75, 3.05) is 16.8 Å². The van der Waals surface area contributed by atoms with Crippen LogP contribution in [-0.4, -0.2) is 28.5 Å². The van der Waals surface area contributed by atoms with E-state index in [0.29, 0.717) is 11.4 Å². The summed E-state index contributed by atoms with van der Waals surface area (Å²) < 4.78 is 5.89. The molecular weight excluding hydrogens is 296 g/mol. The van der Waals surface area contributed by atoms with Crippen LogP contribution in [0.25, 0.3) is 0 Å². The third-order valence-corrected chi connectivity index (χ3v) is 4.62. The summed E-state index contributed by atoms with van der Waals surface area (Å²) in [6.07, 6.45) is 2.80. The van der Waals surface area contributed by atoms with Crippen LogP contribution in [0.3, 0.4) is 0 Å². The number of rotatable bonds is 4. The Balaban J connectivity index is 1.75. The first-order chi connectivity index (χ1) is 10.7. The maximum absolute atomic E-state index is 12.5. The van der Waals surface area contributed by atoms with Gasteiger partial charge in [-0.15, -0.1) is 0 Å². The van der Waals surface area contributed by atoms with Crippen molar-refractivity contribution in [3.8, 4) is 5.88 Å².